The highest BCUT2D eigenvalue weighted by atomic mass is 19.1. The molecule has 2 rings (SSSR count). The molecule has 118 valence electrons. The third-order valence-corrected chi connectivity index (χ3v) is 4.32. The molecule has 1 aromatic rings. The highest BCUT2D eigenvalue weighted by molar-refractivity contribution is 5.55. The predicted octanol–water partition coefficient (Wildman–Crippen LogP) is 3.33. The van der Waals surface area contributed by atoms with E-state index < -0.39 is 0 Å². The monoisotopic (exact) mass is 294 g/mol. The van der Waals surface area contributed by atoms with Gasteiger partial charge in [0, 0.05) is 38.0 Å². The van der Waals surface area contributed by atoms with Crippen molar-refractivity contribution in [3.8, 4) is 0 Å². The van der Waals surface area contributed by atoms with Crippen molar-refractivity contribution in [2.75, 3.05) is 31.6 Å². The van der Waals surface area contributed by atoms with Gasteiger partial charge >= 0.3 is 0 Å². The van der Waals surface area contributed by atoms with E-state index in [1.165, 1.54) is 0 Å². The third-order valence-electron chi connectivity index (χ3n) is 4.32. The zero-order valence-corrected chi connectivity index (χ0v) is 13.4. The molecule has 1 N–H and O–H groups in total. The second-order valence-corrected chi connectivity index (χ2v) is 6.09. The minimum absolute atomic E-state index is 0.124. The molecule has 0 aromatic heterocycles. The average Bonchev–Trinajstić information content (AvgIpc) is 2.49. The molecule has 0 saturated carbocycles. The Hall–Kier alpha value is -1.13. The number of halogens is 1. The number of hydrogen-bond donors (Lipinski definition) is 1. The summed E-state index contributed by atoms with van der Waals surface area (Å²) in [7, 11) is 1.76. The molecule has 1 fully saturated rings. The van der Waals surface area contributed by atoms with Crippen LogP contribution in [0.4, 0.5) is 10.1 Å². The Bertz CT molecular complexity index is 466. The van der Waals surface area contributed by atoms with Crippen LogP contribution in [0.1, 0.15) is 38.7 Å². The van der Waals surface area contributed by atoms with Crippen molar-refractivity contribution in [1.29, 1.82) is 0 Å². The van der Waals surface area contributed by atoms with Crippen molar-refractivity contribution in [3.05, 3.63) is 29.6 Å². The normalized spacial score (nSPS) is 22.6. The molecular weight excluding hydrogens is 267 g/mol. The smallest absolute Gasteiger partial charge is 0.129 e. The number of ether oxygens (including phenoxy) is 1. The largest absolute Gasteiger partial charge is 0.377 e. The molecule has 0 amide bonds. The van der Waals surface area contributed by atoms with Crippen LogP contribution in [0, 0.1) is 5.82 Å². The minimum atomic E-state index is -0.140. The maximum atomic E-state index is 14.2. The summed E-state index contributed by atoms with van der Waals surface area (Å²) in [5, 5.41) is 3.31. The van der Waals surface area contributed by atoms with Crippen molar-refractivity contribution in [3.63, 3.8) is 0 Å². The maximum Gasteiger partial charge on any atom is 0.129 e. The minimum Gasteiger partial charge on any atom is -0.377 e. The van der Waals surface area contributed by atoms with Gasteiger partial charge in [-0.25, -0.2) is 4.39 Å². The van der Waals surface area contributed by atoms with E-state index in [0.29, 0.717) is 6.54 Å². The summed E-state index contributed by atoms with van der Waals surface area (Å²) in [6.07, 6.45) is 3.18. The van der Waals surface area contributed by atoms with Crippen molar-refractivity contribution >= 4 is 5.69 Å². The standard InChI is InChI=1S/C17H27FN2O/c1-4-10-19-12-14-15(18)7-5-8-16(14)20-11-6-9-17(2,13-20)21-3/h5,7-8,19H,4,6,9-13H2,1-3H3. The molecule has 1 aliphatic heterocycles. The summed E-state index contributed by atoms with van der Waals surface area (Å²) < 4.78 is 19.9. The molecule has 1 atom stereocenters. The zero-order chi connectivity index (χ0) is 15.3. The first-order valence-corrected chi connectivity index (χ1v) is 7.88. The van der Waals surface area contributed by atoms with Gasteiger partial charge in [-0.05, 0) is 44.9 Å². The van der Waals surface area contributed by atoms with Crippen molar-refractivity contribution in [1.82, 2.24) is 5.32 Å². The van der Waals surface area contributed by atoms with E-state index in [1.54, 1.807) is 19.2 Å². The van der Waals surface area contributed by atoms with Crippen molar-refractivity contribution in [2.24, 2.45) is 0 Å². The van der Waals surface area contributed by atoms with Crippen molar-refractivity contribution < 1.29 is 9.13 Å². The Balaban J connectivity index is 2.20. The van der Waals surface area contributed by atoms with Crippen LogP contribution in [0.2, 0.25) is 0 Å². The van der Waals surface area contributed by atoms with E-state index in [1.807, 2.05) is 6.07 Å². The molecule has 0 radical (unpaired) electrons. The lowest BCUT2D eigenvalue weighted by Crippen LogP contribution is -2.47. The van der Waals surface area contributed by atoms with Gasteiger partial charge in [0.25, 0.3) is 0 Å². The SMILES string of the molecule is CCCNCc1c(F)cccc1N1CCCC(C)(OC)C1. The van der Waals surface area contributed by atoms with Gasteiger partial charge in [0.05, 0.1) is 5.60 Å². The summed E-state index contributed by atoms with van der Waals surface area (Å²) in [6, 6.07) is 5.37. The molecule has 4 heteroatoms. The lowest BCUT2D eigenvalue weighted by atomic mass is 9.93. The molecule has 21 heavy (non-hydrogen) atoms. The van der Waals surface area contributed by atoms with Crippen LogP contribution in [0.5, 0.6) is 0 Å². The molecule has 0 aliphatic carbocycles. The molecule has 1 heterocycles. The molecular formula is C17H27FN2O. The molecule has 1 aliphatic rings. The van der Waals surface area contributed by atoms with Gasteiger partial charge in [0.1, 0.15) is 5.82 Å². The van der Waals surface area contributed by atoms with E-state index in [0.717, 1.165) is 50.1 Å². The maximum absolute atomic E-state index is 14.2. The molecule has 0 bridgehead atoms. The third kappa shape index (κ3) is 3.95. The number of nitrogens with zero attached hydrogens (tertiary/aromatic N) is 1. The summed E-state index contributed by atoms with van der Waals surface area (Å²) in [5.41, 5.74) is 1.63. The van der Waals surface area contributed by atoms with Gasteiger partial charge in [0.15, 0.2) is 0 Å². The van der Waals surface area contributed by atoms with E-state index in [-0.39, 0.29) is 11.4 Å². The number of anilines is 1. The molecule has 1 unspecified atom stereocenters. The number of benzene rings is 1. The number of piperidine rings is 1. The Morgan fingerprint density at radius 2 is 2.24 bits per heavy atom. The fraction of sp³-hybridized carbons (Fsp3) is 0.647. The summed E-state index contributed by atoms with van der Waals surface area (Å²) in [5.74, 6) is -0.124. The van der Waals surface area contributed by atoms with E-state index >= 15 is 0 Å². The van der Waals surface area contributed by atoms with Gasteiger partial charge in [-0.1, -0.05) is 13.0 Å². The number of rotatable bonds is 6. The summed E-state index contributed by atoms with van der Waals surface area (Å²) in [6.45, 7) is 7.51. The van der Waals surface area contributed by atoms with Gasteiger partial charge in [-0.3, -0.25) is 0 Å². The van der Waals surface area contributed by atoms with Gasteiger partial charge in [-0.15, -0.1) is 0 Å². The number of methoxy groups -OCH3 is 1. The van der Waals surface area contributed by atoms with Gasteiger partial charge in [0.2, 0.25) is 0 Å². The Kier molecular flexibility index (Phi) is 5.59. The first-order valence-electron chi connectivity index (χ1n) is 7.88. The Morgan fingerprint density at radius 3 is 2.95 bits per heavy atom. The predicted molar refractivity (Wildman–Crippen MR) is 85.3 cm³/mol. The first kappa shape index (κ1) is 16.2. The fourth-order valence-electron chi connectivity index (χ4n) is 2.99. The lowest BCUT2D eigenvalue weighted by molar-refractivity contribution is -0.00470. The second kappa shape index (κ2) is 7.23. The fourth-order valence-corrected chi connectivity index (χ4v) is 2.99. The number of hydrogen-bond acceptors (Lipinski definition) is 3. The second-order valence-electron chi connectivity index (χ2n) is 6.09. The molecule has 1 aromatic carbocycles. The Morgan fingerprint density at radius 1 is 1.43 bits per heavy atom. The first-order chi connectivity index (χ1) is 10.1. The van der Waals surface area contributed by atoms with Crippen LogP contribution in [-0.4, -0.2) is 32.3 Å². The van der Waals surface area contributed by atoms with Crippen molar-refractivity contribution in [2.45, 2.75) is 45.3 Å². The van der Waals surface area contributed by atoms with Crippen LogP contribution < -0.4 is 10.2 Å². The quantitative estimate of drug-likeness (QED) is 0.815. The van der Waals surface area contributed by atoms with Gasteiger partial charge in [-0.2, -0.15) is 0 Å². The Labute approximate surface area is 127 Å². The highest BCUT2D eigenvalue weighted by Crippen LogP contribution is 2.31. The summed E-state index contributed by atoms with van der Waals surface area (Å²) in [4.78, 5) is 2.26. The van der Waals surface area contributed by atoms with E-state index in [4.69, 9.17) is 4.74 Å². The average molecular weight is 294 g/mol. The molecule has 1 saturated heterocycles. The van der Waals surface area contributed by atoms with Crippen LogP contribution in [0.15, 0.2) is 18.2 Å². The highest BCUT2D eigenvalue weighted by Gasteiger charge is 2.31. The van der Waals surface area contributed by atoms with Crippen LogP contribution >= 0.6 is 0 Å². The van der Waals surface area contributed by atoms with E-state index in [9.17, 15) is 4.39 Å². The van der Waals surface area contributed by atoms with Crippen LogP contribution in [0.25, 0.3) is 0 Å². The van der Waals surface area contributed by atoms with E-state index in [2.05, 4.69) is 24.1 Å². The topological polar surface area (TPSA) is 24.5 Å². The molecule has 0 spiro atoms. The number of nitrogens with one attached hydrogen (secondary N) is 1. The van der Waals surface area contributed by atoms with Crippen LogP contribution in [-0.2, 0) is 11.3 Å². The van der Waals surface area contributed by atoms with Crippen LogP contribution in [0.3, 0.4) is 0 Å². The van der Waals surface area contributed by atoms with Gasteiger partial charge < -0.3 is 15.0 Å². The molecule has 3 nitrogen and oxygen atoms in total. The lowest BCUT2D eigenvalue weighted by Gasteiger charge is -2.41. The summed E-state index contributed by atoms with van der Waals surface area (Å²) >= 11 is 0. The zero-order valence-electron chi connectivity index (χ0n) is 13.4.